The van der Waals surface area contributed by atoms with E-state index in [9.17, 15) is 9.59 Å². The van der Waals surface area contributed by atoms with Crippen LogP contribution in [0.1, 0.15) is 49.5 Å². The lowest BCUT2D eigenvalue weighted by atomic mass is 9.97. The maximum Gasteiger partial charge on any atom is 0.249 e. The molecular formula is C38H53N5O3S. The number of carbonyl (C=O) groups excluding carboxylic acids is 2. The van der Waals surface area contributed by atoms with Gasteiger partial charge in [0.1, 0.15) is 12.6 Å². The molecular weight excluding hydrogens is 607 g/mol. The van der Waals surface area contributed by atoms with Crippen molar-refractivity contribution in [2.75, 3.05) is 53.5 Å². The van der Waals surface area contributed by atoms with Crippen LogP contribution in [0.2, 0.25) is 0 Å². The predicted octanol–water partition coefficient (Wildman–Crippen LogP) is 5.09. The van der Waals surface area contributed by atoms with Gasteiger partial charge in [0.15, 0.2) is 0 Å². The Morgan fingerprint density at radius 2 is 1.91 bits per heavy atom. The summed E-state index contributed by atoms with van der Waals surface area (Å²) in [7, 11) is 4.13. The van der Waals surface area contributed by atoms with Gasteiger partial charge in [0.25, 0.3) is 0 Å². The molecule has 0 aliphatic carbocycles. The number of hydrogen-bond donors (Lipinski definition) is 2. The molecule has 2 aliphatic heterocycles. The number of thiophene rings is 1. The Kier molecular flexibility index (Phi) is 12.9. The molecule has 3 heterocycles. The lowest BCUT2D eigenvalue weighted by molar-refractivity contribution is -0.138. The van der Waals surface area contributed by atoms with Crippen LogP contribution >= 0.6 is 11.3 Å². The van der Waals surface area contributed by atoms with Crippen LogP contribution < -0.4 is 10.6 Å². The fourth-order valence-electron chi connectivity index (χ4n) is 7.12. The third-order valence-corrected chi connectivity index (χ3v) is 10.9. The minimum Gasteiger partial charge on any atom is -0.370 e. The van der Waals surface area contributed by atoms with Crippen LogP contribution in [0.5, 0.6) is 0 Å². The van der Waals surface area contributed by atoms with E-state index in [2.05, 4.69) is 70.9 Å². The van der Waals surface area contributed by atoms with Gasteiger partial charge in [-0.3, -0.25) is 9.59 Å². The molecule has 47 heavy (non-hydrogen) atoms. The zero-order valence-electron chi connectivity index (χ0n) is 28.5. The van der Waals surface area contributed by atoms with E-state index in [0.29, 0.717) is 44.6 Å². The molecule has 254 valence electrons. The van der Waals surface area contributed by atoms with E-state index in [0.717, 1.165) is 53.9 Å². The number of hydrogen-bond acceptors (Lipinski definition) is 7. The van der Waals surface area contributed by atoms with Crippen molar-refractivity contribution in [3.63, 3.8) is 0 Å². The first-order valence-electron chi connectivity index (χ1n) is 17.3. The summed E-state index contributed by atoms with van der Waals surface area (Å²) >= 11 is 1.66. The normalized spacial score (nSPS) is 19.5. The van der Waals surface area contributed by atoms with Crippen LogP contribution in [0.25, 0.3) is 10.8 Å². The van der Waals surface area contributed by atoms with Gasteiger partial charge in [0.05, 0.1) is 12.6 Å². The van der Waals surface area contributed by atoms with E-state index in [4.69, 9.17) is 4.74 Å². The molecule has 2 N–H and O–H groups in total. The third kappa shape index (κ3) is 9.44. The van der Waals surface area contributed by atoms with Gasteiger partial charge in [-0.2, -0.15) is 0 Å². The van der Waals surface area contributed by atoms with Gasteiger partial charge in [-0.1, -0.05) is 55.1 Å². The van der Waals surface area contributed by atoms with Crippen LogP contribution in [0.4, 0.5) is 0 Å². The molecule has 2 aliphatic rings. The zero-order chi connectivity index (χ0) is 33.2. The maximum absolute atomic E-state index is 13.9. The highest BCUT2D eigenvalue weighted by Gasteiger charge is 2.33. The quantitative estimate of drug-likeness (QED) is 0.211. The number of carbonyl (C=O) groups is 2. The number of fused-ring (bicyclic) bond motifs is 1. The summed E-state index contributed by atoms with van der Waals surface area (Å²) in [6, 6.07) is 18.9. The number of amides is 2. The molecule has 4 atom stereocenters. The lowest BCUT2D eigenvalue weighted by Crippen LogP contribution is -2.52. The molecule has 2 aromatic carbocycles. The number of ether oxygens (including phenoxy) is 1. The van der Waals surface area contributed by atoms with Gasteiger partial charge >= 0.3 is 0 Å². The zero-order valence-corrected chi connectivity index (χ0v) is 29.3. The van der Waals surface area contributed by atoms with Crippen molar-refractivity contribution in [1.29, 1.82) is 0 Å². The summed E-state index contributed by atoms with van der Waals surface area (Å²) in [5.74, 6) is -0.0697. The topological polar surface area (TPSA) is 77.1 Å². The fourth-order valence-corrected chi connectivity index (χ4v) is 7.86. The highest BCUT2D eigenvalue weighted by Crippen LogP contribution is 2.25. The van der Waals surface area contributed by atoms with Gasteiger partial charge < -0.3 is 30.1 Å². The summed E-state index contributed by atoms with van der Waals surface area (Å²) in [6.45, 7) is 10.4. The van der Waals surface area contributed by atoms with Crippen LogP contribution in [-0.4, -0.2) is 104 Å². The largest absolute Gasteiger partial charge is 0.370 e. The Labute approximate surface area is 285 Å². The number of rotatable bonds is 17. The van der Waals surface area contributed by atoms with Crippen molar-refractivity contribution in [1.82, 2.24) is 25.3 Å². The van der Waals surface area contributed by atoms with Crippen molar-refractivity contribution in [3.8, 4) is 0 Å². The summed E-state index contributed by atoms with van der Waals surface area (Å²) < 4.78 is 5.95. The Morgan fingerprint density at radius 1 is 1.09 bits per heavy atom. The fraction of sp³-hybridized carbons (Fsp3) is 0.526. The first-order chi connectivity index (χ1) is 22.8. The first-order valence-corrected chi connectivity index (χ1v) is 18.2. The van der Waals surface area contributed by atoms with Crippen LogP contribution in [0, 0.1) is 0 Å². The number of likely N-dealkylation sites (N-methyl/N-ethyl adjacent to an activating group) is 2. The number of benzene rings is 2. The molecule has 1 aromatic heterocycles. The average molecular weight is 660 g/mol. The third-order valence-electron chi connectivity index (χ3n) is 10.0. The average Bonchev–Trinajstić information content (AvgIpc) is 3.87. The van der Waals surface area contributed by atoms with Gasteiger partial charge in [-0.25, -0.2) is 0 Å². The Balaban J connectivity index is 1.35. The monoisotopic (exact) mass is 659 g/mol. The molecule has 8 nitrogen and oxygen atoms in total. The van der Waals surface area contributed by atoms with Gasteiger partial charge in [-0.05, 0) is 93.4 Å². The molecule has 2 amide bonds. The summed E-state index contributed by atoms with van der Waals surface area (Å²) in [5.41, 5.74) is 1.86. The molecule has 5 rings (SSSR count). The number of nitrogens with zero attached hydrogens (tertiary/aromatic N) is 3. The summed E-state index contributed by atoms with van der Waals surface area (Å²) in [6.07, 6.45) is 6.70. The first kappa shape index (κ1) is 35.1. The predicted molar refractivity (Wildman–Crippen MR) is 193 cm³/mol. The molecule has 0 radical (unpaired) electrons. The van der Waals surface area contributed by atoms with Crippen LogP contribution in [0.15, 0.2) is 72.3 Å². The van der Waals surface area contributed by atoms with E-state index < -0.39 is 6.04 Å². The standard InChI is InChI=1S/C38H53N5O3S/c1-5-43(37(44)27-46-26-32-13-8-19-39-32)35(24-29-16-17-30-11-6-7-12-31(30)23-29)28(2)42(4)36(25-34-15-10-22-47-34)38(45)40-20-18-33-14-9-21-41(33)3/h6-7,10-12,15-17,22-23,32-33,35-36,39H,2,5,8-9,13-14,18-21,24-27H2,1,3-4H3,(H,40,45)/t32?,33?,35-,36?/m1/s1. The van der Waals surface area contributed by atoms with E-state index in [1.807, 2.05) is 42.0 Å². The second-order valence-electron chi connectivity index (χ2n) is 13.1. The van der Waals surface area contributed by atoms with E-state index >= 15 is 0 Å². The molecule has 9 heteroatoms. The lowest BCUT2D eigenvalue weighted by Gasteiger charge is -2.39. The van der Waals surface area contributed by atoms with Crippen molar-refractivity contribution >= 4 is 33.9 Å². The Morgan fingerprint density at radius 3 is 2.62 bits per heavy atom. The van der Waals surface area contributed by atoms with Crippen molar-refractivity contribution in [2.24, 2.45) is 0 Å². The maximum atomic E-state index is 13.9. The minimum atomic E-state index is -0.458. The summed E-state index contributed by atoms with van der Waals surface area (Å²) in [5, 5.41) is 11.1. The molecule has 0 bridgehead atoms. The van der Waals surface area contributed by atoms with Gasteiger partial charge in [0, 0.05) is 49.2 Å². The van der Waals surface area contributed by atoms with Crippen molar-refractivity contribution in [3.05, 3.63) is 82.7 Å². The second-order valence-corrected chi connectivity index (χ2v) is 14.2. The van der Waals surface area contributed by atoms with Gasteiger partial charge in [0.2, 0.25) is 11.8 Å². The molecule has 2 fully saturated rings. The van der Waals surface area contributed by atoms with Gasteiger partial charge in [-0.15, -0.1) is 11.3 Å². The number of nitrogens with one attached hydrogen (secondary N) is 2. The molecule has 2 saturated heterocycles. The molecule has 3 unspecified atom stereocenters. The van der Waals surface area contributed by atoms with Crippen molar-refractivity contribution < 1.29 is 14.3 Å². The van der Waals surface area contributed by atoms with E-state index in [-0.39, 0.29) is 24.5 Å². The van der Waals surface area contributed by atoms with E-state index in [1.54, 1.807) is 11.3 Å². The smallest absolute Gasteiger partial charge is 0.249 e. The molecule has 0 saturated carbocycles. The molecule has 0 spiro atoms. The number of likely N-dealkylation sites (tertiary alicyclic amines) is 1. The highest BCUT2D eigenvalue weighted by molar-refractivity contribution is 7.09. The SMILES string of the molecule is C=C([C@@H](Cc1ccc2ccccc2c1)N(CC)C(=O)COCC1CCCN1)N(C)C(Cc1cccs1)C(=O)NCCC1CCCN1C. The summed E-state index contributed by atoms with van der Waals surface area (Å²) in [4.78, 5) is 35.2. The van der Waals surface area contributed by atoms with Crippen molar-refractivity contribution in [2.45, 2.75) is 76.0 Å². The van der Waals surface area contributed by atoms with Crippen LogP contribution in [0.3, 0.4) is 0 Å². The Hall–Kier alpha value is -3.24. The van der Waals surface area contributed by atoms with Crippen LogP contribution in [-0.2, 0) is 27.2 Å². The molecule has 3 aromatic rings. The minimum absolute atomic E-state index is 0.00562. The highest BCUT2D eigenvalue weighted by atomic mass is 32.1. The van der Waals surface area contributed by atoms with E-state index in [1.165, 1.54) is 18.2 Å². The second kappa shape index (κ2) is 17.2. The Bertz CT molecular complexity index is 1460.